The second kappa shape index (κ2) is 5.27. The number of nitrogens with zero attached hydrogens (tertiary/aromatic N) is 2. The van der Waals surface area contributed by atoms with Crippen molar-refractivity contribution in [3.05, 3.63) is 47.2 Å². The molecule has 2 aromatic rings. The van der Waals surface area contributed by atoms with Gasteiger partial charge < -0.3 is 4.74 Å². The Hall–Kier alpha value is -1.42. The molecule has 4 heteroatoms. The number of thiol groups is 1. The van der Waals surface area contributed by atoms with Gasteiger partial charge in [0.25, 0.3) is 0 Å². The molecule has 1 heterocycles. The van der Waals surface area contributed by atoms with Crippen LogP contribution in [0.4, 0.5) is 0 Å². The van der Waals surface area contributed by atoms with Crippen LogP contribution >= 0.6 is 12.8 Å². The molecule has 0 saturated carbocycles. The summed E-state index contributed by atoms with van der Waals surface area (Å²) in [6.07, 6.45) is 2.76. The molecule has 3 nitrogen and oxygen atoms in total. The van der Waals surface area contributed by atoms with Crippen LogP contribution in [0, 0.1) is 6.92 Å². The molecule has 0 N–H and O–H groups in total. The van der Waals surface area contributed by atoms with Gasteiger partial charge in [-0.1, -0.05) is 25.1 Å². The van der Waals surface area contributed by atoms with Gasteiger partial charge in [0, 0.05) is 12.3 Å². The highest BCUT2D eigenvalue weighted by atomic mass is 32.1. The molecule has 0 aliphatic rings. The molecule has 0 saturated heterocycles. The summed E-state index contributed by atoms with van der Waals surface area (Å²) < 4.78 is 7.09. The van der Waals surface area contributed by atoms with Crippen LogP contribution in [0.1, 0.15) is 23.6 Å². The molecule has 0 atom stereocenters. The van der Waals surface area contributed by atoms with Crippen molar-refractivity contribution in [2.24, 2.45) is 0 Å². The Kier molecular flexibility index (Phi) is 3.74. The summed E-state index contributed by atoms with van der Waals surface area (Å²) in [5, 5.41) is 4.07. The van der Waals surface area contributed by atoms with Crippen molar-refractivity contribution < 1.29 is 4.74 Å². The molecule has 2 rings (SSSR count). The summed E-state index contributed by atoms with van der Waals surface area (Å²) in [6.45, 7) is 4.82. The van der Waals surface area contributed by atoms with E-state index in [-0.39, 0.29) is 0 Å². The van der Waals surface area contributed by atoms with Crippen LogP contribution in [0.15, 0.2) is 30.5 Å². The quantitative estimate of drug-likeness (QED) is 0.842. The molecule has 0 radical (unpaired) electrons. The summed E-state index contributed by atoms with van der Waals surface area (Å²) >= 11 is 4.07. The molecule has 0 spiro atoms. The fourth-order valence-electron chi connectivity index (χ4n) is 1.82. The molecule has 0 fully saturated rings. The van der Waals surface area contributed by atoms with E-state index in [1.54, 1.807) is 12.3 Å². The van der Waals surface area contributed by atoms with E-state index in [1.807, 2.05) is 0 Å². The van der Waals surface area contributed by atoms with Gasteiger partial charge in [-0.25, -0.2) is 4.09 Å². The van der Waals surface area contributed by atoms with Gasteiger partial charge in [0.2, 0.25) is 5.88 Å². The molecular weight excluding hydrogens is 232 g/mol. The number of hydrogen-bond acceptors (Lipinski definition) is 3. The van der Waals surface area contributed by atoms with Crippen LogP contribution in [0.3, 0.4) is 0 Å². The smallest absolute Gasteiger partial charge is 0.234 e. The molecule has 1 aromatic heterocycles. The molecule has 0 bridgehead atoms. The normalized spacial score (nSPS) is 10.5. The highest BCUT2D eigenvalue weighted by Gasteiger charge is 2.06. The SMILES string of the molecule is CCc1cccc(C)c1COc1ccn(S)n1. The first-order valence-electron chi connectivity index (χ1n) is 5.65. The lowest BCUT2D eigenvalue weighted by atomic mass is 10.0. The van der Waals surface area contributed by atoms with E-state index < -0.39 is 0 Å². The van der Waals surface area contributed by atoms with Gasteiger partial charge in [0.1, 0.15) is 6.61 Å². The van der Waals surface area contributed by atoms with Gasteiger partial charge in [-0.15, -0.1) is 5.10 Å². The van der Waals surface area contributed by atoms with Crippen molar-refractivity contribution in [2.75, 3.05) is 0 Å². The lowest BCUT2D eigenvalue weighted by Gasteiger charge is -2.11. The van der Waals surface area contributed by atoms with Gasteiger partial charge in [-0.2, -0.15) is 0 Å². The second-order valence-corrected chi connectivity index (χ2v) is 4.34. The number of hydrogen-bond donors (Lipinski definition) is 1. The van der Waals surface area contributed by atoms with Crippen LogP contribution < -0.4 is 4.74 Å². The third kappa shape index (κ3) is 2.82. The number of aryl methyl sites for hydroxylation is 2. The van der Waals surface area contributed by atoms with E-state index in [2.05, 4.69) is 50.0 Å². The maximum Gasteiger partial charge on any atom is 0.234 e. The van der Waals surface area contributed by atoms with E-state index in [1.165, 1.54) is 20.8 Å². The maximum atomic E-state index is 5.66. The molecule has 0 amide bonds. The minimum absolute atomic E-state index is 0.556. The highest BCUT2D eigenvalue weighted by Crippen LogP contribution is 2.17. The van der Waals surface area contributed by atoms with Crippen LogP contribution in [0.5, 0.6) is 5.88 Å². The zero-order valence-corrected chi connectivity index (χ0v) is 10.9. The fraction of sp³-hybridized carbons (Fsp3) is 0.308. The monoisotopic (exact) mass is 248 g/mol. The van der Waals surface area contributed by atoms with E-state index in [4.69, 9.17) is 4.74 Å². The second-order valence-electron chi connectivity index (χ2n) is 3.93. The van der Waals surface area contributed by atoms with E-state index in [0.717, 1.165) is 6.42 Å². The average Bonchev–Trinajstić information content (AvgIpc) is 2.73. The number of benzene rings is 1. The third-order valence-corrected chi connectivity index (χ3v) is 3.03. The van der Waals surface area contributed by atoms with Crippen molar-refractivity contribution in [2.45, 2.75) is 26.9 Å². The fourth-order valence-corrected chi connectivity index (χ4v) is 1.98. The summed E-state index contributed by atoms with van der Waals surface area (Å²) in [4.78, 5) is 0. The summed E-state index contributed by atoms with van der Waals surface area (Å²) in [7, 11) is 0. The third-order valence-electron chi connectivity index (χ3n) is 2.80. The average molecular weight is 248 g/mol. The number of ether oxygens (including phenoxy) is 1. The van der Waals surface area contributed by atoms with Crippen LogP contribution in [-0.4, -0.2) is 9.19 Å². The molecule has 17 heavy (non-hydrogen) atoms. The Morgan fingerprint density at radius 1 is 1.35 bits per heavy atom. The Bertz CT molecular complexity index is 508. The minimum atomic E-state index is 0.556. The standard InChI is InChI=1S/C13H16N2OS/c1-3-11-6-4-5-10(2)12(11)9-16-13-7-8-15(17)14-13/h4-8,17H,3,9H2,1-2H3. The summed E-state index contributed by atoms with van der Waals surface area (Å²) in [5.74, 6) is 0.602. The Morgan fingerprint density at radius 2 is 2.18 bits per heavy atom. The van der Waals surface area contributed by atoms with E-state index in [9.17, 15) is 0 Å². The number of rotatable bonds is 4. The van der Waals surface area contributed by atoms with E-state index in [0.29, 0.717) is 12.5 Å². The van der Waals surface area contributed by atoms with Crippen LogP contribution in [0.25, 0.3) is 0 Å². The van der Waals surface area contributed by atoms with Gasteiger partial charge in [0.05, 0.1) is 0 Å². The summed E-state index contributed by atoms with van der Waals surface area (Å²) in [6, 6.07) is 8.13. The van der Waals surface area contributed by atoms with Crippen molar-refractivity contribution in [3.63, 3.8) is 0 Å². The van der Waals surface area contributed by atoms with Crippen molar-refractivity contribution >= 4 is 12.8 Å². The summed E-state index contributed by atoms with van der Waals surface area (Å²) in [5.41, 5.74) is 3.84. The largest absolute Gasteiger partial charge is 0.472 e. The first-order chi connectivity index (χ1) is 8.20. The molecular formula is C13H16N2OS. The van der Waals surface area contributed by atoms with Gasteiger partial charge in [-0.05, 0) is 42.8 Å². The number of aromatic nitrogens is 2. The van der Waals surface area contributed by atoms with Gasteiger partial charge in [0.15, 0.2) is 0 Å². The molecule has 1 aromatic carbocycles. The predicted octanol–water partition coefficient (Wildman–Crippen LogP) is 3.03. The molecule has 0 aliphatic heterocycles. The zero-order valence-electron chi connectivity index (χ0n) is 10.1. The molecule has 0 aliphatic carbocycles. The highest BCUT2D eigenvalue weighted by molar-refractivity contribution is 7.78. The van der Waals surface area contributed by atoms with Crippen LogP contribution in [-0.2, 0) is 13.0 Å². The Labute approximate surface area is 107 Å². The minimum Gasteiger partial charge on any atom is -0.472 e. The van der Waals surface area contributed by atoms with Crippen molar-refractivity contribution in [1.29, 1.82) is 0 Å². The van der Waals surface area contributed by atoms with Crippen LogP contribution in [0.2, 0.25) is 0 Å². The molecule has 90 valence electrons. The van der Waals surface area contributed by atoms with Crippen molar-refractivity contribution in [1.82, 2.24) is 9.19 Å². The topological polar surface area (TPSA) is 27.1 Å². The van der Waals surface area contributed by atoms with E-state index >= 15 is 0 Å². The van der Waals surface area contributed by atoms with Crippen molar-refractivity contribution in [3.8, 4) is 5.88 Å². The van der Waals surface area contributed by atoms with Gasteiger partial charge in [-0.3, -0.25) is 0 Å². The first kappa shape index (κ1) is 12.0. The Morgan fingerprint density at radius 3 is 2.82 bits per heavy atom. The van der Waals surface area contributed by atoms with Gasteiger partial charge >= 0.3 is 0 Å². The lowest BCUT2D eigenvalue weighted by molar-refractivity contribution is 0.291. The zero-order chi connectivity index (χ0) is 12.3. The first-order valence-corrected chi connectivity index (χ1v) is 6.05. The predicted molar refractivity (Wildman–Crippen MR) is 71.5 cm³/mol. The maximum absolute atomic E-state index is 5.66. The Balaban J connectivity index is 2.13. The molecule has 0 unspecified atom stereocenters. The lowest BCUT2D eigenvalue weighted by Crippen LogP contribution is -2.02.